The zero-order valence-electron chi connectivity index (χ0n) is 12.0. The van der Waals surface area contributed by atoms with Gasteiger partial charge in [0.25, 0.3) is 0 Å². The summed E-state index contributed by atoms with van der Waals surface area (Å²) in [6.07, 6.45) is 1.98. The maximum absolute atomic E-state index is 12.5. The van der Waals surface area contributed by atoms with E-state index in [-0.39, 0.29) is 17.6 Å². The molecule has 1 aliphatic rings. The minimum absolute atomic E-state index is 0.0487. The molecule has 6 heteroatoms. The molecule has 21 heavy (non-hydrogen) atoms. The summed E-state index contributed by atoms with van der Waals surface area (Å²) in [5.74, 6) is 0.115. The average Bonchev–Trinajstić information content (AvgIpc) is 2.71. The molecule has 0 fully saturated rings. The van der Waals surface area contributed by atoms with E-state index in [0.29, 0.717) is 6.42 Å². The van der Waals surface area contributed by atoms with Crippen molar-refractivity contribution in [3.05, 3.63) is 40.2 Å². The molecule has 1 amide bonds. The summed E-state index contributed by atoms with van der Waals surface area (Å²) in [6.45, 7) is 3.94. The van der Waals surface area contributed by atoms with Crippen LogP contribution in [0, 0.1) is 5.92 Å². The second-order valence-electron chi connectivity index (χ2n) is 5.56. The van der Waals surface area contributed by atoms with Crippen molar-refractivity contribution in [2.45, 2.75) is 26.3 Å². The number of carbonyl (C=O) groups excluding carboxylic acids is 1. The number of rotatable bonds is 4. The molecule has 4 nitrogen and oxygen atoms in total. The Balaban J connectivity index is 2.33. The number of hydrogen-bond donors (Lipinski definition) is 0. The fraction of sp³-hybridized carbons (Fsp3) is 0.400. The summed E-state index contributed by atoms with van der Waals surface area (Å²) < 4.78 is 24.2. The van der Waals surface area contributed by atoms with E-state index in [0.717, 1.165) is 10.2 Å². The van der Waals surface area contributed by atoms with Crippen molar-refractivity contribution in [3.63, 3.8) is 0 Å². The van der Waals surface area contributed by atoms with Gasteiger partial charge in [-0.1, -0.05) is 29.8 Å². The Morgan fingerprint density at radius 1 is 1.33 bits per heavy atom. The molecule has 1 aliphatic heterocycles. The first kappa shape index (κ1) is 16.2. The fourth-order valence-corrected chi connectivity index (χ4v) is 3.82. The van der Waals surface area contributed by atoms with Crippen LogP contribution in [0.2, 0.25) is 0 Å². The highest BCUT2D eigenvalue weighted by Crippen LogP contribution is 2.26. The number of halogens is 1. The third-order valence-corrected chi connectivity index (χ3v) is 5.11. The van der Waals surface area contributed by atoms with Gasteiger partial charge in [-0.25, -0.2) is 8.42 Å². The smallest absolute Gasteiger partial charge is 0.227 e. The Labute approximate surface area is 133 Å². The number of benzene rings is 1. The van der Waals surface area contributed by atoms with Crippen LogP contribution in [0.15, 0.2) is 40.2 Å². The topological polar surface area (TPSA) is 54.5 Å². The van der Waals surface area contributed by atoms with Gasteiger partial charge in [0, 0.05) is 22.0 Å². The number of hydrogen-bond acceptors (Lipinski definition) is 3. The minimum Gasteiger partial charge on any atom is -0.304 e. The Morgan fingerprint density at radius 3 is 2.43 bits per heavy atom. The molecule has 0 aliphatic carbocycles. The maximum Gasteiger partial charge on any atom is 0.227 e. The van der Waals surface area contributed by atoms with Crippen LogP contribution >= 0.6 is 15.9 Å². The van der Waals surface area contributed by atoms with Crippen LogP contribution in [0.25, 0.3) is 0 Å². The Bertz CT molecular complexity index is 650. The van der Waals surface area contributed by atoms with E-state index >= 15 is 0 Å². The summed E-state index contributed by atoms with van der Waals surface area (Å²) in [7, 11) is -3.20. The van der Waals surface area contributed by atoms with E-state index in [9.17, 15) is 13.2 Å². The Hall–Kier alpha value is -1.14. The quantitative estimate of drug-likeness (QED) is 0.816. The monoisotopic (exact) mass is 371 g/mol. The van der Waals surface area contributed by atoms with Crippen LogP contribution in [0.5, 0.6) is 0 Å². The van der Waals surface area contributed by atoms with Gasteiger partial charge in [0.05, 0.1) is 11.8 Å². The van der Waals surface area contributed by atoms with Gasteiger partial charge in [-0.05, 0) is 36.3 Å². The molecule has 0 N–H and O–H groups in total. The molecule has 0 radical (unpaired) electrons. The average molecular weight is 372 g/mol. The van der Waals surface area contributed by atoms with Crippen LogP contribution in [0.4, 0.5) is 5.69 Å². The number of carbonyl (C=O) groups is 1. The zero-order chi connectivity index (χ0) is 15.6. The molecule has 1 atom stereocenters. The second kappa shape index (κ2) is 6.32. The van der Waals surface area contributed by atoms with Gasteiger partial charge in [0.15, 0.2) is 9.84 Å². The largest absolute Gasteiger partial charge is 0.304 e. The fourth-order valence-electron chi connectivity index (χ4n) is 2.29. The first-order valence-electron chi connectivity index (χ1n) is 6.77. The summed E-state index contributed by atoms with van der Waals surface area (Å²) in [6, 6.07) is 6.90. The molecule has 114 valence electrons. The van der Waals surface area contributed by atoms with Gasteiger partial charge in [0.2, 0.25) is 5.91 Å². The molecular formula is C15H18BrNO3S. The normalized spacial score (nSPS) is 19.9. The van der Waals surface area contributed by atoms with Crippen molar-refractivity contribution < 1.29 is 13.2 Å². The molecule has 0 aromatic heterocycles. The Kier molecular flexibility index (Phi) is 4.88. The maximum atomic E-state index is 12.5. The van der Waals surface area contributed by atoms with E-state index in [2.05, 4.69) is 15.9 Å². The van der Waals surface area contributed by atoms with E-state index in [1.54, 1.807) is 11.0 Å². The van der Waals surface area contributed by atoms with Gasteiger partial charge in [0.1, 0.15) is 0 Å². The van der Waals surface area contributed by atoms with Crippen molar-refractivity contribution in [1.82, 2.24) is 0 Å². The molecule has 0 bridgehead atoms. The van der Waals surface area contributed by atoms with Crippen molar-refractivity contribution in [2.75, 3.05) is 10.7 Å². The molecule has 1 aromatic carbocycles. The molecule has 0 saturated heterocycles. The number of nitrogens with zero attached hydrogens (tertiary/aromatic N) is 1. The minimum atomic E-state index is -3.20. The predicted molar refractivity (Wildman–Crippen MR) is 87.8 cm³/mol. The van der Waals surface area contributed by atoms with Crippen LogP contribution in [-0.2, 0) is 14.6 Å². The van der Waals surface area contributed by atoms with Crippen LogP contribution < -0.4 is 4.90 Å². The van der Waals surface area contributed by atoms with Crippen molar-refractivity contribution in [2.24, 2.45) is 5.92 Å². The summed E-state index contributed by atoms with van der Waals surface area (Å²) >= 11 is 3.36. The standard InChI is InChI=1S/C15H18BrNO3S/c1-11(2)9-15(18)17(13-5-3-12(16)4-6-13)14-7-8-21(19,20)10-14/h3-8,11,14H,9-10H2,1-2H3/t14-/m0/s1. The summed E-state index contributed by atoms with van der Waals surface area (Å²) in [5, 5.41) is 1.20. The molecular weight excluding hydrogens is 354 g/mol. The van der Waals surface area contributed by atoms with Gasteiger partial charge < -0.3 is 4.90 Å². The molecule has 0 spiro atoms. The van der Waals surface area contributed by atoms with Crippen molar-refractivity contribution >= 4 is 37.4 Å². The van der Waals surface area contributed by atoms with Crippen LogP contribution in [0.3, 0.4) is 0 Å². The van der Waals surface area contributed by atoms with Gasteiger partial charge >= 0.3 is 0 Å². The van der Waals surface area contributed by atoms with Crippen molar-refractivity contribution in [3.8, 4) is 0 Å². The highest BCUT2D eigenvalue weighted by atomic mass is 79.9. The van der Waals surface area contributed by atoms with Crippen molar-refractivity contribution in [1.29, 1.82) is 0 Å². The molecule has 0 saturated carbocycles. The summed E-state index contributed by atoms with van der Waals surface area (Å²) in [4.78, 5) is 14.1. The van der Waals surface area contributed by atoms with Crippen LogP contribution in [-0.4, -0.2) is 26.1 Å². The summed E-state index contributed by atoms with van der Waals surface area (Å²) in [5.41, 5.74) is 0.718. The van der Waals surface area contributed by atoms with Crippen LogP contribution in [0.1, 0.15) is 20.3 Å². The third kappa shape index (κ3) is 4.17. The van der Waals surface area contributed by atoms with Gasteiger partial charge in [-0.3, -0.25) is 4.79 Å². The first-order chi connectivity index (χ1) is 9.78. The lowest BCUT2D eigenvalue weighted by Gasteiger charge is -2.28. The number of sulfone groups is 1. The highest BCUT2D eigenvalue weighted by molar-refractivity contribution is 9.10. The number of anilines is 1. The van der Waals surface area contributed by atoms with E-state index in [1.165, 1.54) is 5.41 Å². The Morgan fingerprint density at radius 2 is 1.95 bits per heavy atom. The predicted octanol–water partition coefficient (Wildman–Crippen LogP) is 3.14. The molecule has 0 unspecified atom stereocenters. The van der Waals surface area contributed by atoms with E-state index in [4.69, 9.17) is 0 Å². The SMILES string of the molecule is CC(C)CC(=O)N(c1ccc(Br)cc1)[C@H]1C=CS(=O)(=O)C1. The first-order valence-corrected chi connectivity index (χ1v) is 9.28. The lowest BCUT2D eigenvalue weighted by atomic mass is 10.1. The molecule has 2 rings (SSSR count). The molecule has 1 aromatic rings. The second-order valence-corrected chi connectivity index (χ2v) is 8.41. The van der Waals surface area contributed by atoms with E-state index < -0.39 is 15.9 Å². The zero-order valence-corrected chi connectivity index (χ0v) is 14.4. The van der Waals surface area contributed by atoms with Gasteiger partial charge in [-0.15, -0.1) is 0 Å². The van der Waals surface area contributed by atoms with Gasteiger partial charge in [-0.2, -0.15) is 0 Å². The van der Waals surface area contributed by atoms with E-state index in [1.807, 2.05) is 38.1 Å². The molecule has 1 heterocycles. The lowest BCUT2D eigenvalue weighted by Crippen LogP contribution is -2.41. The lowest BCUT2D eigenvalue weighted by molar-refractivity contribution is -0.119. The number of amides is 1. The third-order valence-electron chi connectivity index (χ3n) is 3.20. The highest BCUT2D eigenvalue weighted by Gasteiger charge is 2.31.